The molecule has 0 unspecified atom stereocenters. The second kappa shape index (κ2) is 6.31. The highest BCUT2D eigenvalue weighted by molar-refractivity contribution is 7.99. The Labute approximate surface area is 93.5 Å². The number of thioether (sulfide) groups is 1. The fraction of sp³-hybridized carbons (Fsp3) is 0.364. The van der Waals surface area contributed by atoms with E-state index in [0.717, 1.165) is 18.1 Å². The molecule has 0 amide bonds. The van der Waals surface area contributed by atoms with Crippen LogP contribution in [0.3, 0.4) is 0 Å². The second-order valence-electron chi connectivity index (χ2n) is 2.90. The van der Waals surface area contributed by atoms with Crippen molar-refractivity contribution in [2.24, 2.45) is 0 Å². The minimum Gasteiger partial charge on any atom is -0.383 e. The number of benzene rings is 1. The largest absolute Gasteiger partial charge is 0.383 e. The van der Waals surface area contributed by atoms with Crippen LogP contribution in [0.1, 0.15) is 12.5 Å². The molecule has 2 nitrogen and oxygen atoms in total. The molecule has 4 heteroatoms. The van der Waals surface area contributed by atoms with Crippen LogP contribution in [0.5, 0.6) is 0 Å². The zero-order valence-corrected chi connectivity index (χ0v) is 9.40. The van der Waals surface area contributed by atoms with Crippen LogP contribution in [-0.2, 0) is 0 Å². The van der Waals surface area contributed by atoms with Gasteiger partial charge in [0, 0.05) is 12.3 Å². The first kappa shape index (κ1) is 11.9. The molecule has 0 heterocycles. The molecule has 1 aromatic carbocycles. The van der Waals surface area contributed by atoms with Crippen LogP contribution in [-0.4, -0.2) is 18.1 Å². The molecule has 1 aromatic rings. The summed E-state index contributed by atoms with van der Waals surface area (Å²) < 4.78 is 13.2. The maximum Gasteiger partial charge on any atom is 0.143 e. The Morgan fingerprint density at radius 1 is 1.53 bits per heavy atom. The maximum absolute atomic E-state index is 13.2. The fourth-order valence-electron chi connectivity index (χ4n) is 1.19. The Morgan fingerprint density at radius 2 is 2.33 bits per heavy atom. The van der Waals surface area contributed by atoms with E-state index in [2.05, 4.69) is 12.2 Å². The van der Waals surface area contributed by atoms with Crippen molar-refractivity contribution in [3.8, 4) is 6.07 Å². The monoisotopic (exact) mass is 224 g/mol. The summed E-state index contributed by atoms with van der Waals surface area (Å²) in [5.74, 6) is 1.55. The highest BCUT2D eigenvalue weighted by Crippen LogP contribution is 2.17. The van der Waals surface area contributed by atoms with Crippen molar-refractivity contribution in [2.75, 3.05) is 23.4 Å². The third-order valence-corrected chi connectivity index (χ3v) is 2.79. The number of hydrogen-bond donors (Lipinski definition) is 1. The van der Waals surface area contributed by atoms with Gasteiger partial charge in [-0.2, -0.15) is 17.0 Å². The molecular weight excluding hydrogens is 211 g/mol. The molecular formula is C11H13FN2S. The van der Waals surface area contributed by atoms with E-state index in [1.165, 1.54) is 6.07 Å². The number of rotatable bonds is 5. The second-order valence-corrected chi connectivity index (χ2v) is 4.29. The van der Waals surface area contributed by atoms with Crippen LogP contribution in [0, 0.1) is 17.1 Å². The molecule has 1 rings (SSSR count). The summed E-state index contributed by atoms with van der Waals surface area (Å²) in [5, 5.41) is 11.8. The van der Waals surface area contributed by atoms with Gasteiger partial charge in [0.05, 0.1) is 5.69 Å². The molecule has 0 aromatic heterocycles. The molecule has 0 spiro atoms. The molecule has 0 aliphatic rings. The summed E-state index contributed by atoms with van der Waals surface area (Å²) in [6, 6.07) is 6.48. The van der Waals surface area contributed by atoms with E-state index in [1.54, 1.807) is 23.9 Å². The SMILES string of the molecule is CCSCCNc1cccc(F)c1C#N. The topological polar surface area (TPSA) is 35.8 Å². The average Bonchev–Trinajstić information content (AvgIpc) is 2.24. The lowest BCUT2D eigenvalue weighted by atomic mass is 10.2. The van der Waals surface area contributed by atoms with E-state index in [-0.39, 0.29) is 5.56 Å². The summed E-state index contributed by atoms with van der Waals surface area (Å²) >= 11 is 1.81. The van der Waals surface area contributed by atoms with Gasteiger partial charge in [-0.05, 0) is 17.9 Å². The lowest BCUT2D eigenvalue weighted by molar-refractivity contribution is 0.624. The van der Waals surface area contributed by atoms with Crippen molar-refractivity contribution in [1.82, 2.24) is 0 Å². The third-order valence-electron chi connectivity index (χ3n) is 1.89. The van der Waals surface area contributed by atoms with Crippen molar-refractivity contribution < 1.29 is 4.39 Å². The van der Waals surface area contributed by atoms with E-state index in [9.17, 15) is 4.39 Å². The predicted molar refractivity (Wildman–Crippen MR) is 62.6 cm³/mol. The van der Waals surface area contributed by atoms with E-state index < -0.39 is 5.82 Å². The summed E-state index contributed by atoms with van der Waals surface area (Å²) in [5.41, 5.74) is 0.674. The Bertz CT molecular complexity index is 360. The van der Waals surface area contributed by atoms with Crippen molar-refractivity contribution in [3.05, 3.63) is 29.6 Å². The van der Waals surface area contributed by atoms with Gasteiger partial charge in [-0.25, -0.2) is 4.39 Å². The van der Waals surface area contributed by atoms with Gasteiger partial charge in [0.25, 0.3) is 0 Å². The summed E-state index contributed by atoms with van der Waals surface area (Å²) in [6.45, 7) is 2.84. The first-order valence-electron chi connectivity index (χ1n) is 4.79. The van der Waals surface area contributed by atoms with Crippen LogP contribution in [0.4, 0.5) is 10.1 Å². The van der Waals surface area contributed by atoms with Gasteiger partial charge in [-0.15, -0.1) is 0 Å². The predicted octanol–water partition coefficient (Wildman–Crippen LogP) is 2.86. The lowest BCUT2D eigenvalue weighted by Gasteiger charge is -2.07. The van der Waals surface area contributed by atoms with Crippen LogP contribution < -0.4 is 5.32 Å². The van der Waals surface area contributed by atoms with Crippen molar-refractivity contribution >= 4 is 17.4 Å². The Morgan fingerprint density at radius 3 is 3.00 bits per heavy atom. The molecule has 0 bridgehead atoms. The zero-order valence-electron chi connectivity index (χ0n) is 8.59. The Balaban J connectivity index is 2.61. The number of halogens is 1. The van der Waals surface area contributed by atoms with Crippen molar-refractivity contribution in [2.45, 2.75) is 6.92 Å². The van der Waals surface area contributed by atoms with Gasteiger partial charge in [0.1, 0.15) is 17.4 Å². The number of nitriles is 1. The molecule has 15 heavy (non-hydrogen) atoms. The van der Waals surface area contributed by atoms with Crippen LogP contribution in [0.15, 0.2) is 18.2 Å². The van der Waals surface area contributed by atoms with E-state index in [0.29, 0.717) is 5.69 Å². The lowest BCUT2D eigenvalue weighted by Crippen LogP contribution is -2.06. The molecule has 1 N–H and O–H groups in total. The average molecular weight is 224 g/mol. The number of nitrogens with zero attached hydrogens (tertiary/aromatic N) is 1. The molecule has 0 fully saturated rings. The van der Waals surface area contributed by atoms with E-state index in [4.69, 9.17) is 5.26 Å². The summed E-state index contributed by atoms with van der Waals surface area (Å²) in [6.07, 6.45) is 0. The van der Waals surface area contributed by atoms with E-state index >= 15 is 0 Å². The Kier molecular flexibility index (Phi) is 4.99. The molecule has 0 aliphatic heterocycles. The normalized spacial score (nSPS) is 9.67. The first-order chi connectivity index (χ1) is 7.29. The number of hydrogen-bond acceptors (Lipinski definition) is 3. The van der Waals surface area contributed by atoms with Gasteiger partial charge < -0.3 is 5.32 Å². The van der Waals surface area contributed by atoms with Crippen molar-refractivity contribution in [3.63, 3.8) is 0 Å². The Hall–Kier alpha value is -1.21. The molecule has 0 saturated heterocycles. The smallest absolute Gasteiger partial charge is 0.143 e. The maximum atomic E-state index is 13.2. The molecule has 0 atom stereocenters. The first-order valence-corrected chi connectivity index (χ1v) is 5.95. The van der Waals surface area contributed by atoms with E-state index in [1.807, 2.05) is 6.07 Å². The molecule has 0 saturated carbocycles. The number of nitrogens with one attached hydrogen (secondary N) is 1. The van der Waals surface area contributed by atoms with Gasteiger partial charge in [0.2, 0.25) is 0 Å². The van der Waals surface area contributed by atoms with Gasteiger partial charge in [-0.3, -0.25) is 0 Å². The summed E-state index contributed by atoms with van der Waals surface area (Å²) in [4.78, 5) is 0. The zero-order chi connectivity index (χ0) is 11.1. The molecule has 80 valence electrons. The van der Waals surface area contributed by atoms with Gasteiger partial charge in [0.15, 0.2) is 0 Å². The van der Waals surface area contributed by atoms with Crippen LogP contribution in [0.25, 0.3) is 0 Å². The van der Waals surface area contributed by atoms with Gasteiger partial charge in [-0.1, -0.05) is 13.0 Å². The minimum absolute atomic E-state index is 0.0963. The molecule has 0 radical (unpaired) electrons. The highest BCUT2D eigenvalue weighted by atomic mass is 32.2. The van der Waals surface area contributed by atoms with Crippen molar-refractivity contribution in [1.29, 1.82) is 5.26 Å². The third kappa shape index (κ3) is 3.45. The standard InChI is InChI=1S/C11H13FN2S/c1-2-15-7-6-14-11-5-3-4-10(12)9(11)8-13/h3-5,14H,2,6-7H2,1H3. The van der Waals surface area contributed by atoms with Crippen LogP contribution >= 0.6 is 11.8 Å². The number of anilines is 1. The fourth-order valence-corrected chi connectivity index (χ4v) is 1.72. The minimum atomic E-state index is -0.467. The van der Waals surface area contributed by atoms with Gasteiger partial charge >= 0.3 is 0 Å². The summed E-state index contributed by atoms with van der Waals surface area (Å²) in [7, 11) is 0. The quantitative estimate of drug-likeness (QED) is 0.781. The highest BCUT2D eigenvalue weighted by Gasteiger charge is 2.06. The van der Waals surface area contributed by atoms with Crippen LogP contribution in [0.2, 0.25) is 0 Å². The molecule has 0 aliphatic carbocycles.